The van der Waals surface area contributed by atoms with E-state index in [0.717, 1.165) is 0 Å². The first-order valence-corrected chi connectivity index (χ1v) is 4.69. The zero-order valence-corrected chi connectivity index (χ0v) is 7.87. The third kappa shape index (κ3) is 2.82. The van der Waals surface area contributed by atoms with Gasteiger partial charge < -0.3 is 0 Å². The van der Waals surface area contributed by atoms with E-state index in [-0.39, 0.29) is 6.42 Å². The summed E-state index contributed by atoms with van der Waals surface area (Å²) in [5.41, 5.74) is 0. The Morgan fingerprint density at radius 3 is 2.21 bits per heavy atom. The molecular formula is C9H13F5. The zero-order valence-electron chi connectivity index (χ0n) is 7.87. The summed E-state index contributed by atoms with van der Waals surface area (Å²) in [7, 11) is 0. The summed E-state index contributed by atoms with van der Waals surface area (Å²) in [4.78, 5) is 0. The fourth-order valence-electron chi connectivity index (χ4n) is 2.00. The van der Waals surface area contributed by atoms with Gasteiger partial charge >= 0.3 is 6.18 Å². The highest BCUT2D eigenvalue weighted by molar-refractivity contribution is 4.86. The van der Waals surface area contributed by atoms with Gasteiger partial charge in [-0.25, -0.2) is 8.78 Å². The first-order valence-electron chi connectivity index (χ1n) is 4.69. The topological polar surface area (TPSA) is 0 Å². The van der Waals surface area contributed by atoms with Crippen LogP contribution in [0.2, 0.25) is 0 Å². The van der Waals surface area contributed by atoms with Crippen LogP contribution in [0, 0.1) is 11.8 Å². The third-order valence-electron chi connectivity index (χ3n) is 2.79. The van der Waals surface area contributed by atoms with Gasteiger partial charge in [-0.15, -0.1) is 0 Å². The van der Waals surface area contributed by atoms with Crippen LogP contribution in [-0.4, -0.2) is 12.1 Å². The van der Waals surface area contributed by atoms with E-state index in [4.69, 9.17) is 0 Å². The summed E-state index contributed by atoms with van der Waals surface area (Å²) >= 11 is 0. The van der Waals surface area contributed by atoms with Crippen LogP contribution in [-0.2, 0) is 0 Å². The lowest BCUT2D eigenvalue weighted by molar-refractivity contribution is -0.214. The van der Waals surface area contributed by atoms with E-state index in [0.29, 0.717) is 6.42 Å². The summed E-state index contributed by atoms with van der Waals surface area (Å²) in [6, 6.07) is 0. The quantitative estimate of drug-likeness (QED) is 0.581. The average Bonchev–Trinajstić information content (AvgIpc) is 1.99. The summed E-state index contributed by atoms with van der Waals surface area (Å²) in [6.45, 7) is 1.65. The normalized spacial score (nSPS) is 33.0. The second-order valence-electron chi connectivity index (χ2n) is 4.01. The molecule has 1 aliphatic carbocycles. The van der Waals surface area contributed by atoms with Gasteiger partial charge in [0.1, 0.15) is 0 Å². The number of rotatable bonds is 1. The molecule has 0 saturated heterocycles. The van der Waals surface area contributed by atoms with Gasteiger partial charge in [0.2, 0.25) is 5.92 Å². The molecule has 2 atom stereocenters. The highest BCUT2D eigenvalue weighted by Crippen LogP contribution is 2.47. The molecule has 0 aromatic rings. The molecule has 84 valence electrons. The lowest BCUT2D eigenvalue weighted by Crippen LogP contribution is -2.38. The van der Waals surface area contributed by atoms with Crippen molar-refractivity contribution in [2.24, 2.45) is 11.8 Å². The Kier molecular flexibility index (Phi) is 3.07. The van der Waals surface area contributed by atoms with E-state index in [2.05, 4.69) is 0 Å². The molecule has 1 saturated carbocycles. The van der Waals surface area contributed by atoms with Crippen molar-refractivity contribution < 1.29 is 22.0 Å². The highest BCUT2D eigenvalue weighted by Gasteiger charge is 2.50. The maximum Gasteiger partial charge on any atom is 0.392 e. The van der Waals surface area contributed by atoms with Crippen LogP contribution in [0.3, 0.4) is 0 Å². The van der Waals surface area contributed by atoms with Crippen LogP contribution >= 0.6 is 0 Å². The second kappa shape index (κ2) is 3.66. The predicted molar refractivity (Wildman–Crippen MR) is 42.1 cm³/mol. The predicted octanol–water partition coefficient (Wildman–Crippen LogP) is 4.01. The molecule has 14 heavy (non-hydrogen) atoms. The molecule has 5 heteroatoms. The average molecular weight is 216 g/mol. The van der Waals surface area contributed by atoms with Crippen molar-refractivity contribution in [2.75, 3.05) is 0 Å². The molecule has 0 aliphatic heterocycles. The molecule has 0 nitrogen and oxygen atoms in total. The standard InChI is InChI=1S/C9H13F5/c1-2-6-3-7(9(12,13)14)5-8(10,11)4-6/h6-7H,2-5H2,1H3/t6-,7+/m1/s1. The Balaban J connectivity index is 2.71. The van der Waals surface area contributed by atoms with Gasteiger partial charge in [-0.05, 0) is 12.3 Å². The Morgan fingerprint density at radius 1 is 1.21 bits per heavy atom. The maximum absolute atomic E-state index is 12.9. The van der Waals surface area contributed by atoms with Crippen molar-refractivity contribution in [2.45, 2.75) is 44.7 Å². The van der Waals surface area contributed by atoms with Crippen LogP contribution < -0.4 is 0 Å². The van der Waals surface area contributed by atoms with Gasteiger partial charge in [0.05, 0.1) is 5.92 Å². The molecular weight excluding hydrogens is 203 g/mol. The molecule has 0 bridgehead atoms. The fraction of sp³-hybridized carbons (Fsp3) is 1.00. The van der Waals surface area contributed by atoms with E-state index in [1.165, 1.54) is 0 Å². The first kappa shape index (κ1) is 11.7. The molecule has 0 unspecified atom stereocenters. The van der Waals surface area contributed by atoms with Gasteiger partial charge in [-0.3, -0.25) is 0 Å². The molecule has 0 heterocycles. The lowest BCUT2D eigenvalue weighted by Gasteiger charge is -2.35. The van der Waals surface area contributed by atoms with Crippen LogP contribution in [0.4, 0.5) is 22.0 Å². The first-order chi connectivity index (χ1) is 6.24. The second-order valence-corrected chi connectivity index (χ2v) is 4.01. The SMILES string of the molecule is CC[C@@H]1C[C@H](C(F)(F)F)CC(F)(F)C1. The minimum Gasteiger partial charge on any atom is -0.207 e. The Hall–Kier alpha value is -0.350. The van der Waals surface area contributed by atoms with E-state index < -0.39 is 36.8 Å². The molecule has 0 aromatic heterocycles. The zero-order chi connectivity index (χ0) is 11.0. The Bertz CT molecular complexity index is 196. The Morgan fingerprint density at radius 2 is 1.79 bits per heavy atom. The maximum atomic E-state index is 12.9. The van der Waals surface area contributed by atoms with Crippen LogP contribution in [0.15, 0.2) is 0 Å². The van der Waals surface area contributed by atoms with Crippen LogP contribution in [0.25, 0.3) is 0 Å². The van der Waals surface area contributed by atoms with E-state index in [1.54, 1.807) is 6.92 Å². The van der Waals surface area contributed by atoms with Gasteiger partial charge in [-0.2, -0.15) is 13.2 Å². The van der Waals surface area contributed by atoms with Crippen molar-refractivity contribution in [1.82, 2.24) is 0 Å². The van der Waals surface area contributed by atoms with E-state index in [1.807, 2.05) is 0 Å². The molecule has 0 spiro atoms. The minimum absolute atomic E-state index is 0.143. The molecule has 1 aliphatic rings. The third-order valence-corrected chi connectivity index (χ3v) is 2.79. The van der Waals surface area contributed by atoms with Crippen LogP contribution in [0.1, 0.15) is 32.6 Å². The van der Waals surface area contributed by atoms with Crippen molar-refractivity contribution in [1.29, 1.82) is 0 Å². The smallest absolute Gasteiger partial charge is 0.207 e. The van der Waals surface area contributed by atoms with Gasteiger partial charge in [0.25, 0.3) is 0 Å². The lowest BCUT2D eigenvalue weighted by atomic mass is 9.78. The molecule has 0 aromatic carbocycles. The van der Waals surface area contributed by atoms with Crippen molar-refractivity contribution in [3.63, 3.8) is 0 Å². The minimum atomic E-state index is -4.47. The van der Waals surface area contributed by atoms with Gasteiger partial charge in [-0.1, -0.05) is 13.3 Å². The molecule has 0 radical (unpaired) electrons. The van der Waals surface area contributed by atoms with Crippen molar-refractivity contribution >= 4 is 0 Å². The Labute approximate surface area is 79.5 Å². The van der Waals surface area contributed by atoms with E-state index >= 15 is 0 Å². The van der Waals surface area contributed by atoms with Crippen molar-refractivity contribution in [3.05, 3.63) is 0 Å². The van der Waals surface area contributed by atoms with Crippen molar-refractivity contribution in [3.8, 4) is 0 Å². The molecule has 1 rings (SSSR count). The van der Waals surface area contributed by atoms with Gasteiger partial charge in [0.15, 0.2) is 0 Å². The van der Waals surface area contributed by atoms with E-state index in [9.17, 15) is 22.0 Å². The number of hydrogen-bond acceptors (Lipinski definition) is 0. The largest absolute Gasteiger partial charge is 0.392 e. The fourth-order valence-corrected chi connectivity index (χ4v) is 2.00. The number of hydrogen-bond donors (Lipinski definition) is 0. The summed E-state index contributed by atoms with van der Waals surface area (Å²) in [5, 5.41) is 0. The molecule has 0 amide bonds. The summed E-state index contributed by atoms with van der Waals surface area (Å²) in [5.74, 6) is -5.46. The van der Waals surface area contributed by atoms with Crippen LogP contribution in [0.5, 0.6) is 0 Å². The summed E-state index contributed by atoms with van der Waals surface area (Å²) in [6.07, 6.45) is -5.65. The number of halogens is 5. The monoisotopic (exact) mass is 216 g/mol. The van der Waals surface area contributed by atoms with Gasteiger partial charge in [0, 0.05) is 12.8 Å². The molecule has 0 N–H and O–H groups in total. The summed E-state index contributed by atoms with van der Waals surface area (Å²) < 4.78 is 62.6. The molecule has 1 fully saturated rings. The highest BCUT2D eigenvalue weighted by atomic mass is 19.4. The number of alkyl halides is 5.